The van der Waals surface area contributed by atoms with Crippen LogP contribution in [0.2, 0.25) is 0 Å². The van der Waals surface area contributed by atoms with Gasteiger partial charge in [0.2, 0.25) is 10.0 Å². The zero-order valence-corrected chi connectivity index (χ0v) is 10.6. The number of nitrogens with zero attached hydrogens (tertiary/aromatic N) is 1. The van der Waals surface area contributed by atoms with Crippen LogP contribution in [0, 0.1) is 5.92 Å². The SMILES string of the molecule is COc1cccc(S(=O)(=O)N2CC(C(=O)O)C2)c1. The van der Waals surface area contributed by atoms with Crippen molar-refractivity contribution < 1.29 is 23.1 Å². The number of carboxylic acid groups (broad SMARTS) is 1. The summed E-state index contributed by atoms with van der Waals surface area (Å²) in [5.74, 6) is -1.12. The molecule has 0 bridgehead atoms. The van der Waals surface area contributed by atoms with Crippen LogP contribution < -0.4 is 4.74 Å². The summed E-state index contributed by atoms with van der Waals surface area (Å²) in [7, 11) is -2.16. The third kappa shape index (κ3) is 2.19. The van der Waals surface area contributed by atoms with Gasteiger partial charge in [0, 0.05) is 19.2 Å². The number of rotatable bonds is 4. The molecule has 1 aromatic carbocycles. The number of carbonyl (C=O) groups is 1. The van der Waals surface area contributed by atoms with Crippen LogP contribution in [0.5, 0.6) is 5.75 Å². The van der Waals surface area contributed by atoms with Crippen molar-refractivity contribution in [1.29, 1.82) is 0 Å². The Morgan fingerprint density at radius 1 is 1.44 bits per heavy atom. The van der Waals surface area contributed by atoms with Gasteiger partial charge in [0.25, 0.3) is 0 Å². The van der Waals surface area contributed by atoms with Gasteiger partial charge in [0.15, 0.2) is 0 Å². The van der Waals surface area contributed by atoms with Gasteiger partial charge in [-0.3, -0.25) is 4.79 Å². The topological polar surface area (TPSA) is 83.9 Å². The molecule has 0 unspecified atom stereocenters. The molecule has 6 nitrogen and oxygen atoms in total. The Balaban J connectivity index is 2.19. The van der Waals surface area contributed by atoms with Crippen molar-refractivity contribution in [3.8, 4) is 5.75 Å². The summed E-state index contributed by atoms with van der Waals surface area (Å²) in [6.45, 7) is 0.0454. The van der Waals surface area contributed by atoms with E-state index in [-0.39, 0.29) is 18.0 Å². The number of hydrogen-bond donors (Lipinski definition) is 1. The van der Waals surface area contributed by atoms with E-state index in [9.17, 15) is 13.2 Å². The van der Waals surface area contributed by atoms with Crippen LogP contribution in [0.4, 0.5) is 0 Å². The van der Waals surface area contributed by atoms with Gasteiger partial charge in [-0.15, -0.1) is 0 Å². The average Bonchev–Trinajstić information content (AvgIpc) is 2.26. The van der Waals surface area contributed by atoms with Crippen molar-refractivity contribution in [2.45, 2.75) is 4.90 Å². The number of sulfonamides is 1. The van der Waals surface area contributed by atoms with E-state index in [1.54, 1.807) is 12.1 Å². The average molecular weight is 271 g/mol. The molecule has 0 radical (unpaired) electrons. The molecule has 0 amide bonds. The Morgan fingerprint density at radius 3 is 2.67 bits per heavy atom. The zero-order chi connectivity index (χ0) is 13.3. The fourth-order valence-corrected chi connectivity index (χ4v) is 3.27. The first-order valence-corrected chi connectivity index (χ1v) is 6.76. The molecular weight excluding hydrogens is 258 g/mol. The molecule has 98 valence electrons. The standard InChI is InChI=1S/C11H13NO5S/c1-17-9-3-2-4-10(5-9)18(15,16)12-6-8(7-12)11(13)14/h2-5,8H,6-7H2,1H3,(H,13,14). The molecular formula is C11H13NO5S. The van der Waals surface area contributed by atoms with E-state index in [2.05, 4.69) is 0 Å². The highest BCUT2D eigenvalue weighted by Gasteiger charge is 2.40. The summed E-state index contributed by atoms with van der Waals surface area (Å²) in [5.41, 5.74) is 0. The van der Waals surface area contributed by atoms with E-state index in [1.807, 2.05) is 0 Å². The van der Waals surface area contributed by atoms with Crippen molar-refractivity contribution >= 4 is 16.0 Å². The molecule has 0 saturated carbocycles. The fourth-order valence-electron chi connectivity index (χ4n) is 1.70. The largest absolute Gasteiger partial charge is 0.497 e. The molecule has 0 aromatic heterocycles. The van der Waals surface area contributed by atoms with Gasteiger partial charge < -0.3 is 9.84 Å². The third-order valence-electron chi connectivity index (χ3n) is 2.88. The Labute approximate surface area is 105 Å². The van der Waals surface area contributed by atoms with Crippen LogP contribution in [-0.4, -0.2) is 44.0 Å². The van der Waals surface area contributed by atoms with Crippen LogP contribution in [0.3, 0.4) is 0 Å². The summed E-state index contributed by atoms with van der Waals surface area (Å²) in [6.07, 6.45) is 0. The van der Waals surface area contributed by atoms with Crippen LogP contribution >= 0.6 is 0 Å². The Hall–Kier alpha value is -1.60. The molecule has 1 fully saturated rings. The number of carboxylic acids is 1. The molecule has 1 aliphatic heterocycles. The second kappa shape index (κ2) is 4.58. The van der Waals surface area contributed by atoms with Gasteiger partial charge in [-0.1, -0.05) is 6.07 Å². The maximum absolute atomic E-state index is 12.1. The molecule has 1 aliphatic rings. The predicted octanol–water partition coefficient (Wildman–Crippen LogP) is 0.400. The van der Waals surface area contributed by atoms with Crippen molar-refractivity contribution in [3.05, 3.63) is 24.3 Å². The van der Waals surface area contributed by atoms with Crippen LogP contribution in [0.15, 0.2) is 29.2 Å². The number of benzene rings is 1. The van der Waals surface area contributed by atoms with E-state index in [0.717, 1.165) is 4.31 Å². The molecule has 7 heteroatoms. The summed E-state index contributed by atoms with van der Waals surface area (Å²) in [6, 6.07) is 6.12. The number of hydrogen-bond acceptors (Lipinski definition) is 4. The zero-order valence-electron chi connectivity index (χ0n) is 9.74. The number of aliphatic carboxylic acids is 1. The van der Waals surface area contributed by atoms with Gasteiger partial charge in [-0.05, 0) is 12.1 Å². The molecule has 0 aliphatic carbocycles. The maximum atomic E-state index is 12.1. The normalized spacial score (nSPS) is 17.2. The first kappa shape index (κ1) is 12.8. The first-order chi connectivity index (χ1) is 8.45. The third-order valence-corrected chi connectivity index (χ3v) is 4.70. The highest BCUT2D eigenvalue weighted by Crippen LogP contribution is 2.27. The predicted molar refractivity (Wildman–Crippen MR) is 62.9 cm³/mol. The van der Waals surface area contributed by atoms with Crippen LogP contribution in [0.25, 0.3) is 0 Å². The minimum Gasteiger partial charge on any atom is -0.497 e. The lowest BCUT2D eigenvalue weighted by Crippen LogP contribution is -2.52. The molecule has 0 spiro atoms. The number of ether oxygens (including phenoxy) is 1. The monoisotopic (exact) mass is 271 g/mol. The quantitative estimate of drug-likeness (QED) is 0.857. The molecule has 1 aromatic rings. The van der Waals surface area contributed by atoms with Gasteiger partial charge in [0.05, 0.1) is 17.9 Å². The summed E-state index contributed by atoms with van der Waals surface area (Å²) >= 11 is 0. The molecule has 1 N–H and O–H groups in total. The minimum atomic E-state index is -3.61. The van der Waals surface area contributed by atoms with Crippen LogP contribution in [-0.2, 0) is 14.8 Å². The van der Waals surface area contributed by atoms with Crippen molar-refractivity contribution in [3.63, 3.8) is 0 Å². The smallest absolute Gasteiger partial charge is 0.309 e. The summed E-state index contributed by atoms with van der Waals surface area (Å²) in [4.78, 5) is 10.8. The van der Waals surface area contributed by atoms with Gasteiger partial charge >= 0.3 is 5.97 Å². The lowest BCUT2D eigenvalue weighted by Gasteiger charge is -2.35. The minimum absolute atomic E-state index is 0.0227. The van der Waals surface area contributed by atoms with Crippen molar-refractivity contribution in [2.24, 2.45) is 5.92 Å². The fraction of sp³-hybridized carbons (Fsp3) is 0.364. The molecule has 1 saturated heterocycles. The van der Waals surface area contributed by atoms with Gasteiger partial charge in [-0.2, -0.15) is 4.31 Å². The molecule has 1 heterocycles. The summed E-state index contributed by atoms with van der Waals surface area (Å²) in [5, 5.41) is 8.73. The van der Waals surface area contributed by atoms with Gasteiger partial charge in [-0.25, -0.2) is 8.42 Å². The highest BCUT2D eigenvalue weighted by atomic mass is 32.2. The molecule has 18 heavy (non-hydrogen) atoms. The van der Waals surface area contributed by atoms with Crippen molar-refractivity contribution in [2.75, 3.05) is 20.2 Å². The van der Waals surface area contributed by atoms with E-state index in [1.165, 1.54) is 19.2 Å². The second-order valence-electron chi connectivity index (χ2n) is 4.04. The van der Waals surface area contributed by atoms with E-state index >= 15 is 0 Å². The number of methoxy groups -OCH3 is 1. The Kier molecular flexibility index (Phi) is 3.27. The van der Waals surface area contributed by atoms with E-state index < -0.39 is 21.9 Å². The molecule has 0 atom stereocenters. The van der Waals surface area contributed by atoms with E-state index in [4.69, 9.17) is 9.84 Å². The van der Waals surface area contributed by atoms with Gasteiger partial charge in [0.1, 0.15) is 5.75 Å². The second-order valence-corrected chi connectivity index (χ2v) is 5.97. The molecule has 2 rings (SSSR count). The lowest BCUT2D eigenvalue weighted by molar-refractivity contribution is -0.145. The van der Waals surface area contributed by atoms with Crippen molar-refractivity contribution in [1.82, 2.24) is 4.31 Å². The lowest BCUT2D eigenvalue weighted by atomic mass is 10.0. The van der Waals surface area contributed by atoms with E-state index in [0.29, 0.717) is 5.75 Å². The highest BCUT2D eigenvalue weighted by molar-refractivity contribution is 7.89. The first-order valence-electron chi connectivity index (χ1n) is 5.32. The van der Waals surface area contributed by atoms with Crippen LogP contribution in [0.1, 0.15) is 0 Å². The Morgan fingerprint density at radius 2 is 2.11 bits per heavy atom. The Bertz CT molecular complexity index is 563. The summed E-state index contributed by atoms with van der Waals surface area (Å²) < 4.78 is 30.4. The maximum Gasteiger partial charge on any atom is 0.309 e.